The molecule has 0 spiro atoms. The van der Waals surface area contributed by atoms with Gasteiger partial charge < -0.3 is 14.6 Å². The van der Waals surface area contributed by atoms with E-state index < -0.39 is 0 Å². The maximum atomic E-state index is 11.5. The molecule has 0 saturated carbocycles. The average molecular weight is 404 g/mol. The lowest BCUT2D eigenvalue weighted by Crippen LogP contribution is -2.28. The second-order valence-corrected chi connectivity index (χ2v) is 6.75. The van der Waals surface area contributed by atoms with Crippen LogP contribution in [0.15, 0.2) is 34.7 Å². The predicted octanol–water partition coefficient (Wildman–Crippen LogP) is 4.78. The maximum Gasteiger partial charge on any atom is 0.222 e. The van der Waals surface area contributed by atoms with Gasteiger partial charge in [0.15, 0.2) is 0 Å². The first-order valence-electron chi connectivity index (χ1n) is 8.16. The van der Waals surface area contributed by atoms with E-state index in [-0.39, 0.29) is 18.3 Å². The van der Waals surface area contributed by atoms with Crippen LogP contribution >= 0.6 is 35.6 Å². The summed E-state index contributed by atoms with van der Waals surface area (Å²) in [5.74, 6) is 1.87. The van der Waals surface area contributed by atoms with Crippen molar-refractivity contribution in [3.05, 3.63) is 46.1 Å². The Hall–Kier alpha value is -1.20. The minimum atomic E-state index is 0. The van der Waals surface area contributed by atoms with Gasteiger partial charge in [-0.1, -0.05) is 23.2 Å². The molecule has 3 rings (SSSR count). The second kappa shape index (κ2) is 9.48. The molecule has 0 aliphatic carbocycles. The molecule has 4 nitrogen and oxygen atoms in total. The van der Waals surface area contributed by atoms with Crippen molar-refractivity contribution in [3.8, 4) is 11.3 Å². The molecular formula is C18H21Cl3N2O2. The molecule has 1 aliphatic heterocycles. The van der Waals surface area contributed by atoms with E-state index in [4.69, 9.17) is 27.6 Å². The van der Waals surface area contributed by atoms with E-state index >= 15 is 0 Å². The largest absolute Gasteiger partial charge is 0.460 e. The third-order valence-corrected chi connectivity index (χ3v) is 4.66. The summed E-state index contributed by atoms with van der Waals surface area (Å²) in [5, 5.41) is 4.52. The highest BCUT2D eigenvalue weighted by molar-refractivity contribution is 6.36. The highest BCUT2D eigenvalue weighted by atomic mass is 35.5. The first kappa shape index (κ1) is 20.1. The highest BCUT2D eigenvalue weighted by Crippen LogP contribution is 2.31. The average Bonchev–Trinajstić information content (AvgIpc) is 3.17. The van der Waals surface area contributed by atoms with Crippen LogP contribution in [0.1, 0.15) is 25.0 Å². The van der Waals surface area contributed by atoms with Gasteiger partial charge in [-0.05, 0) is 49.7 Å². The first-order chi connectivity index (χ1) is 11.6. The van der Waals surface area contributed by atoms with Gasteiger partial charge in [-0.2, -0.15) is 0 Å². The van der Waals surface area contributed by atoms with Crippen LogP contribution in [0.2, 0.25) is 10.0 Å². The van der Waals surface area contributed by atoms with Gasteiger partial charge in [0.1, 0.15) is 11.5 Å². The number of rotatable bonds is 7. The topological polar surface area (TPSA) is 45.5 Å². The van der Waals surface area contributed by atoms with Gasteiger partial charge >= 0.3 is 0 Å². The van der Waals surface area contributed by atoms with Gasteiger partial charge in [-0.25, -0.2) is 0 Å². The number of carbonyl (C=O) groups excluding carboxylic acids is 1. The number of benzene rings is 1. The van der Waals surface area contributed by atoms with Gasteiger partial charge in [-0.3, -0.25) is 4.79 Å². The molecule has 1 N–H and O–H groups in total. The summed E-state index contributed by atoms with van der Waals surface area (Å²) in [6.45, 7) is 3.23. The molecule has 0 bridgehead atoms. The first-order valence-corrected chi connectivity index (χ1v) is 8.92. The molecule has 2 heterocycles. The van der Waals surface area contributed by atoms with Crippen molar-refractivity contribution in [2.24, 2.45) is 0 Å². The van der Waals surface area contributed by atoms with E-state index in [2.05, 4.69) is 5.32 Å². The summed E-state index contributed by atoms with van der Waals surface area (Å²) in [6, 6.07) is 9.21. The minimum absolute atomic E-state index is 0. The lowest BCUT2D eigenvalue weighted by molar-refractivity contribution is -0.127. The van der Waals surface area contributed by atoms with Crippen LogP contribution in [0.5, 0.6) is 0 Å². The number of nitrogens with one attached hydrogen (secondary N) is 1. The number of nitrogens with zero attached hydrogens (tertiary/aromatic N) is 1. The normalized spacial score (nSPS) is 14.0. The monoisotopic (exact) mass is 402 g/mol. The van der Waals surface area contributed by atoms with Crippen LogP contribution < -0.4 is 5.32 Å². The van der Waals surface area contributed by atoms with Crippen molar-refractivity contribution in [3.63, 3.8) is 0 Å². The third kappa shape index (κ3) is 5.38. The summed E-state index contributed by atoms with van der Waals surface area (Å²) in [7, 11) is 0. The molecule has 1 fully saturated rings. The van der Waals surface area contributed by atoms with Crippen molar-refractivity contribution >= 4 is 41.5 Å². The van der Waals surface area contributed by atoms with Gasteiger partial charge in [0.05, 0.1) is 11.6 Å². The minimum Gasteiger partial charge on any atom is -0.460 e. The van der Waals surface area contributed by atoms with Crippen LogP contribution in [-0.2, 0) is 11.3 Å². The van der Waals surface area contributed by atoms with Gasteiger partial charge in [-0.15, -0.1) is 12.4 Å². The smallest absolute Gasteiger partial charge is 0.222 e. The highest BCUT2D eigenvalue weighted by Gasteiger charge is 2.18. The van der Waals surface area contributed by atoms with Gasteiger partial charge in [0.25, 0.3) is 0 Å². The molecule has 7 heteroatoms. The van der Waals surface area contributed by atoms with Crippen molar-refractivity contribution < 1.29 is 9.21 Å². The molecule has 0 radical (unpaired) electrons. The van der Waals surface area contributed by atoms with E-state index in [1.165, 1.54) is 0 Å². The zero-order valence-corrected chi connectivity index (χ0v) is 16.1. The van der Waals surface area contributed by atoms with Crippen LogP contribution in [0.4, 0.5) is 0 Å². The Balaban J connectivity index is 0.00000225. The quantitative estimate of drug-likeness (QED) is 0.677. The molecule has 1 aromatic heterocycles. The number of hydrogen-bond donors (Lipinski definition) is 1. The summed E-state index contributed by atoms with van der Waals surface area (Å²) in [5.41, 5.74) is 0.833. The molecule has 2 aromatic rings. The fourth-order valence-electron chi connectivity index (χ4n) is 2.85. The van der Waals surface area contributed by atoms with Crippen molar-refractivity contribution in [2.75, 3.05) is 19.6 Å². The number of carbonyl (C=O) groups is 1. The number of furan rings is 1. The molecule has 136 valence electrons. The van der Waals surface area contributed by atoms with E-state index in [9.17, 15) is 4.79 Å². The van der Waals surface area contributed by atoms with Crippen molar-refractivity contribution in [1.29, 1.82) is 0 Å². The van der Waals surface area contributed by atoms with E-state index in [1.54, 1.807) is 12.1 Å². The fraction of sp³-hybridized carbons (Fsp3) is 0.389. The summed E-state index contributed by atoms with van der Waals surface area (Å²) >= 11 is 12.1. The summed E-state index contributed by atoms with van der Waals surface area (Å²) in [6.07, 6.45) is 2.65. The zero-order valence-electron chi connectivity index (χ0n) is 13.8. The van der Waals surface area contributed by atoms with E-state index in [0.29, 0.717) is 23.0 Å². The van der Waals surface area contributed by atoms with Gasteiger partial charge in [0.2, 0.25) is 5.91 Å². The third-order valence-electron chi connectivity index (χ3n) is 4.11. The number of likely N-dealkylation sites (tertiary alicyclic amines) is 1. The SMILES string of the molecule is Cl.O=C1CCCN1CCCNCc1ccc(-c2ccc(Cl)cc2Cl)o1. The Morgan fingerprint density at radius 2 is 2.04 bits per heavy atom. The molecule has 1 saturated heterocycles. The Kier molecular flexibility index (Phi) is 7.63. The zero-order chi connectivity index (χ0) is 16.9. The lowest BCUT2D eigenvalue weighted by atomic mass is 10.2. The molecule has 1 aliphatic rings. The Bertz CT molecular complexity index is 718. The Morgan fingerprint density at radius 1 is 1.20 bits per heavy atom. The fourth-order valence-corrected chi connectivity index (χ4v) is 3.36. The van der Waals surface area contributed by atoms with E-state index in [0.717, 1.165) is 49.6 Å². The molecule has 1 amide bonds. The molecule has 25 heavy (non-hydrogen) atoms. The number of halogens is 3. The molecule has 1 aromatic carbocycles. The van der Waals surface area contributed by atoms with Crippen LogP contribution in [0.3, 0.4) is 0 Å². The van der Waals surface area contributed by atoms with Crippen molar-refractivity contribution in [1.82, 2.24) is 10.2 Å². The molecule has 0 atom stereocenters. The molecule has 0 unspecified atom stereocenters. The van der Waals surface area contributed by atoms with Crippen LogP contribution in [0.25, 0.3) is 11.3 Å². The standard InChI is InChI=1S/C18H20Cl2N2O2.ClH/c19-13-4-6-15(16(20)11-13)17-7-5-14(24-17)12-21-8-2-10-22-9-1-3-18(22)23;/h4-7,11,21H,1-3,8-10,12H2;1H. The van der Waals surface area contributed by atoms with Gasteiger partial charge in [0, 0.05) is 30.1 Å². The predicted molar refractivity (Wildman–Crippen MR) is 104 cm³/mol. The summed E-state index contributed by atoms with van der Waals surface area (Å²) < 4.78 is 5.83. The maximum absolute atomic E-state index is 11.5. The summed E-state index contributed by atoms with van der Waals surface area (Å²) in [4.78, 5) is 13.5. The number of amides is 1. The Morgan fingerprint density at radius 3 is 2.76 bits per heavy atom. The van der Waals surface area contributed by atoms with Crippen LogP contribution in [0, 0.1) is 0 Å². The number of hydrogen-bond acceptors (Lipinski definition) is 3. The van der Waals surface area contributed by atoms with Crippen LogP contribution in [-0.4, -0.2) is 30.4 Å². The Labute approximate surface area is 163 Å². The van der Waals surface area contributed by atoms with E-state index in [1.807, 2.05) is 23.1 Å². The van der Waals surface area contributed by atoms with Crippen molar-refractivity contribution in [2.45, 2.75) is 25.8 Å². The lowest BCUT2D eigenvalue weighted by Gasteiger charge is -2.15. The second-order valence-electron chi connectivity index (χ2n) is 5.90. The molecular weight excluding hydrogens is 383 g/mol.